The van der Waals surface area contributed by atoms with Gasteiger partial charge in [0, 0.05) is 24.2 Å². The van der Waals surface area contributed by atoms with Crippen molar-refractivity contribution in [1.82, 2.24) is 0 Å². The van der Waals surface area contributed by atoms with E-state index in [4.69, 9.17) is 4.74 Å². The van der Waals surface area contributed by atoms with E-state index in [0.29, 0.717) is 43.4 Å². The van der Waals surface area contributed by atoms with Crippen LogP contribution in [0.2, 0.25) is 0 Å². The highest BCUT2D eigenvalue weighted by molar-refractivity contribution is 5.83. The van der Waals surface area contributed by atoms with Crippen LogP contribution >= 0.6 is 0 Å². The number of hydrogen-bond donors (Lipinski definition) is 2. The smallest absolute Gasteiger partial charge is 0.306 e. The van der Waals surface area contributed by atoms with Crippen LogP contribution in [0.25, 0.3) is 0 Å². The fourth-order valence-electron chi connectivity index (χ4n) is 7.64. The summed E-state index contributed by atoms with van der Waals surface area (Å²) in [5.41, 5.74) is -0.266. The van der Waals surface area contributed by atoms with Gasteiger partial charge in [0.1, 0.15) is 11.9 Å². The van der Waals surface area contributed by atoms with Crippen LogP contribution < -0.4 is 0 Å². The normalized spacial score (nSPS) is 50.5. The molecule has 0 aromatic heterocycles. The first-order valence-corrected chi connectivity index (χ1v) is 11.3. The molecule has 9 atom stereocenters. The summed E-state index contributed by atoms with van der Waals surface area (Å²) in [4.78, 5) is 25.2. The van der Waals surface area contributed by atoms with Gasteiger partial charge in [0.25, 0.3) is 0 Å². The third-order valence-electron chi connectivity index (χ3n) is 9.12. The van der Waals surface area contributed by atoms with Gasteiger partial charge in [0.2, 0.25) is 0 Å². The van der Waals surface area contributed by atoms with Crippen LogP contribution in [-0.4, -0.2) is 40.3 Å². The summed E-state index contributed by atoms with van der Waals surface area (Å²) in [5.74, 6) is 1.16. The van der Waals surface area contributed by atoms with Crippen molar-refractivity contribution in [3.63, 3.8) is 0 Å². The Bertz CT molecular complexity index is 647. The fraction of sp³-hybridized carbons (Fsp3) is 0.913. The van der Waals surface area contributed by atoms with E-state index in [1.54, 1.807) is 0 Å². The van der Waals surface area contributed by atoms with Gasteiger partial charge < -0.3 is 14.9 Å². The molecule has 0 spiro atoms. The molecule has 0 aliphatic heterocycles. The number of aliphatic hydroxyl groups excluding tert-OH is 2. The molecule has 0 unspecified atom stereocenters. The van der Waals surface area contributed by atoms with Crippen LogP contribution in [0.1, 0.15) is 78.6 Å². The summed E-state index contributed by atoms with van der Waals surface area (Å²) >= 11 is 0. The van der Waals surface area contributed by atoms with Crippen molar-refractivity contribution in [3.8, 4) is 0 Å². The summed E-state index contributed by atoms with van der Waals surface area (Å²) in [6.45, 7) is 6.44. The van der Waals surface area contributed by atoms with E-state index in [9.17, 15) is 19.8 Å². The molecule has 0 aromatic rings. The van der Waals surface area contributed by atoms with Gasteiger partial charge >= 0.3 is 5.97 Å². The first kappa shape index (κ1) is 20.3. The predicted octanol–water partition coefficient (Wildman–Crippen LogP) is 3.25. The molecule has 0 radical (unpaired) electrons. The third kappa shape index (κ3) is 2.96. The molecular weight excluding hydrogens is 356 g/mol. The Labute approximate surface area is 168 Å². The number of aliphatic hydroxyl groups is 2. The van der Waals surface area contributed by atoms with Gasteiger partial charge in [-0.1, -0.05) is 20.8 Å². The molecule has 0 saturated heterocycles. The maximum Gasteiger partial charge on any atom is 0.306 e. The minimum atomic E-state index is -0.777. The number of carbonyl (C=O) groups is 2. The van der Waals surface area contributed by atoms with Crippen LogP contribution in [0.4, 0.5) is 0 Å². The molecule has 4 aliphatic rings. The van der Waals surface area contributed by atoms with Gasteiger partial charge in [-0.3, -0.25) is 9.59 Å². The zero-order valence-corrected chi connectivity index (χ0v) is 17.5. The number of rotatable bonds is 3. The van der Waals surface area contributed by atoms with Crippen molar-refractivity contribution < 1.29 is 24.5 Å². The zero-order valence-electron chi connectivity index (χ0n) is 17.5. The lowest BCUT2D eigenvalue weighted by molar-refractivity contribution is -0.180. The van der Waals surface area contributed by atoms with Gasteiger partial charge in [-0.05, 0) is 68.1 Å². The molecule has 4 aliphatic carbocycles. The lowest BCUT2D eigenvalue weighted by atomic mass is 9.44. The lowest BCUT2D eigenvalue weighted by Crippen LogP contribution is -2.59. The van der Waals surface area contributed by atoms with Crippen LogP contribution in [-0.2, 0) is 14.3 Å². The Balaban J connectivity index is 1.58. The van der Waals surface area contributed by atoms with E-state index in [1.807, 2.05) is 6.92 Å². The summed E-state index contributed by atoms with van der Waals surface area (Å²) in [6, 6.07) is 0. The molecule has 4 fully saturated rings. The molecule has 5 heteroatoms. The summed E-state index contributed by atoms with van der Waals surface area (Å²) in [7, 11) is 0. The second-order valence-electron chi connectivity index (χ2n) is 10.5. The van der Waals surface area contributed by atoms with Crippen molar-refractivity contribution in [2.24, 2.45) is 34.5 Å². The second-order valence-corrected chi connectivity index (χ2v) is 10.5. The molecule has 28 heavy (non-hydrogen) atoms. The maximum absolute atomic E-state index is 13.1. The average Bonchev–Trinajstić information content (AvgIpc) is 2.94. The Morgan fingerprint density at radius 2 is 1.82 bits per heavy atom. The van der Waals surface area contributed by atoms with Crippen molar-refractivity contribution in [3.05, 3.63) is 0 Å². The Morgan fingerprint density at radius 1 is 1.11 bits per heavy atom. The molecule has 4 saturated carbocycles. The van der Waals surface area contributed by atoms with Crippen molar-refractivity contribution in [2.45, 2.75) is 96.9 Å². The number of Topliss-reactive ketones (excluding diaryl/α,β-unsaturated/α-hetero) is 1. The fourth-order valence-corrected chi connectivity index (χ4v) is 7.64. The van der Waals surface area contributed by atoms with Gasteiger partial charge in [-0.2, -0.15) is 0 Å². The van der Waals surface area contributed by atoms with Crippen LogP contribution in [0.5, 0.6) is 0 Å². The van der Waals surface area contributed by atoms with E-state index in [-0.39, 0.29) is 34.6 Å². The summed E-state index contributed by atoms with van der Waals surface area (Å²) < 4.78 is 5.90. The standard InChI is InChI=1S/C23H36O5/c1-4-5-21(27)28-20-7-6-14-13-10-17(24)16-11-18(25)19(26)12-23(16,3)15(13)8-9-22(14,20)2/h13-16,18-20,25-26H,4-12H2,1-3H3/t13-,14-,15-,16+,18-,19+,20-,22-,23+/m0/s1. The van der Waals surface area contributed by atoms with Crippen LogP contribution in [0.15, 0.2) is 0 Å². The number of ketones is 1. The van der Waals surface area contributed by atoms with Gasteiger partial charge in [-0.25, -0.2) is 0 Å². The van der Waals surface area contributed by atoms with Gasteiger partial charge in [0.15, 0.2) is 0 Å². The van der Waals surface area contributed by atoms with Crippen molar-refractivity contribution in [2.75, 3.05) is 0 Å². The molecule has 0 amide bonds. The number of carbonyl (C=O) groups excluding carboxylic acids is 2. The molecule has 2 N–H and O–H groups in total. The highest BCUT2D eigenvalue weighted by atomic mass is 16.5. The van der Waals surface area contributed by atoms with E-state index in [1.165, 1.54) is 0 Å². The molecular formula is C23H36O5. The number of fused-ring (bicyclic) bond motifs is 5. The molecule has 158 valence electrons. The second kappa shape index (κ2) is 7.09. The first-order valence-electron chi connectivity index (χ1n) is 11.3. The van der Waals surface area contributed by atoms with E-state index in [2.05, 4.69) is 13.8 Å². The molecule has 5 nitrogen and oxygen atoms in total. The zero-order chi connectivity index (χ0) is 20.3. The first-order chi connectivity index (χ1) is 13.2. The highest BCUT2D eigenvalue weighted by Crippen LogP contribution is 2.65. The number of esters is 1. The molecule has 0 bridgehead atoms. The van der Waals surface area contributed by atoms with E-state index >= 15 is 0 Å². The monoisotopic (exact) mass is 392 g/mol. The molecule has 0 heterocycles. The van der Waals surface area contributed by atoms with E-state index in [0.717, 1.165) is 32.1 Å². The van der Waals surface area contributed by atoms with Crippen molar-refractivity contribution >= 4 is 11.8 Å². The Morgan fingerprint density at radius 3 is 2.54 bits per heavy atom. The maximum atomic E-state index is 13.1. The largest absolute Gasteiger partial charge is 0.462 e. The van der Waals surface area contributed by atoms with Crippen LogP contribution in [0, 0.1) is 34.5 Å². The third-order valence-corrected chi connectivity index (χ3v) is 9.12. The van der Waals surface area contributed by atoms with Gasteiger partial charge in [-0.15, -0.1) is 0 Å². The molecule has 0 aromatic carbocycles. The minimum Gasteiger partial charge on any atom is -0.462 e. The number of hydrogen-bond acceptors (Lipinski definition) is 5. The van der Waals surface area contributed by atoms with Gasteiger partial charge in [0.05, 0.1) is 12.2 Å². The predicted molar refractivity (Wildman–Crippen MR) is 104 cm³/mol. The Kier molecular flexibility index (Phi) is 5.15. The summed E-state index contributed by atoms with van der Waals surface area (Å²) in [5, 5.41) is 20.5. The highest BCUT2D eigenvalue weighted by Gasteiger charge is 2.63. The minimum absolute atomic E-state index is 0.0306. The van der Waals surface area contributed by atoms with E-state index < -0.39 is 12.2 Å². The average molecular weight is 393 g/mol. The topological polar surface area (TPSA) is 83.8 Å². The van der Waals surface area contributed by atoms with Crippen LogP contribution in [0.3, 0.4) is 0 Å². The molecule has 4 rings (SSSR count). The van der Waals surface area contributed by atoms with Crippen molar-refractivity contribution in [1.29, 1.82) is 0 Å². The lowest BCUT2D eigenvalue weighted by Gasteiger charge is -2.60. The summed E-state index contributed by atoms with van der Waals surface area (Å²) in [6.07, 6.45) is 5.19. The quantitative estimate of drug-likeness (QED) is 0.720. The number of ether oxygens (including phenoxy) is 1. The Hall–Kier alpha value is -0.940. The SMILES string of the molecule is CCCC(=O)O[C@H]1CC[C@H]2[C@@H]3CC(=O)[C@H]4C[C@H](O)[C@H](O)C[C@]4(C)[C@H]3CC[C@]12C.